The van der Waals surface area contributed by atoms with E-state index >= 15 is 0 Å². The van der Waals surface area contributed by atoms with E-state index in [1.54, 1.807) is 0 Å². The van der Waals surface area contributed by atoms with Crippen LogP contribution in [0.4, 0.5) is 0 Å². The second-order valence-corrected chi connectivity index (χ2v) is 15.6. The second-order valence-electron chi connectivity index (χ2n) is 15.6. The SMILES string of the molecule is c1ccc(-c2ccc(-c3nc(-c4ccccc4)nc(-c4cccc(-c5cccc(-n6c7ccccc7c7ccc8c9ccccc9oc8c76)c5)c4)n3)c(-c3ccccc3)c2)cc1. The van der Waals surface area contributed by atoms with Crippen LogP contribution >= 0.6 is 0 Å². The number of nitrogens with zero attached hydrogens (tertiary/aromatic N) is 4. The summed E-state index contributed by atoms with van der Waals surface area (Å²) in [5, 5.41) is 4.56. The van der Waals surface area contributed by atoms with Gasteiger partial charge in [-0.1, -0.05) is 170 Å². The molecule has 0 N–H and O–H groups in total. The van der Waals surface area contributed by atoms with E-state index in [1.165, 1.54) is 5.39 Å². The van der Waals surface area contributed by atoms with E-state index in [4.69, 9.17) is 19.4 Å². The molecule has 12 aromatic rings. The molecule has 62 heavy (non-hydrogen) atoms. The lowest BCUT2D eigenvalue weighted by Gasteiger charge is -2.14. The highest BCUT2D eigenvalue weighted by Crippen LogP contribution is 2.41. The lowest BCUT2D eigenvalue weighted by atomic mass is 9.94. The maximum atomic E-state index is 6.64. The fourth-order valence-electron chi connectivity index (χ4n) is 8.91. The monoisotopic (exact) mass is 792 g/mol. The Morgan fingerprint density at radius 1 is 0.323 bits per heavy atom. The fraction of sp³-hybridized carbons (Fsp3) is 0. The van der Waals surface area contributed by atoms with Gasteiger partial charge in [0.25, 0.3) is 0 Å². The predicted octanol–water partition coefficient (Wildman–Crippen LogP) is 14.9. The molecule has 0 fully saturated rings. The van der Waals surface area contributed by atoms with Gasteiger partial charge in [0.15, 0.2) is 23.1 Å². The number of rotatable bonds is 7. The molecule has 0 aliphatic heterocycles. The van der Waals surface area contributed by atoms with Gasteiger partial charge in [0.1, 0.15) is 5.58 Å². The molecule has 5 heteroatoms. The molecule has 0 amide bonds. The largest absolute Gasteiger partial charge is 0.454 e. The number of para-hydroxylation sites is 2. The van der Waals surface area contributed by atoms with E-state index in [0.29, 0.717) is 17.5 Å². The maximum absolute atomic E-state index is 6.64. The van der Waals surface area contributed by atoms with Crippen molar-refractivity contribution in [2.45, 2.75) is 0 Å². The third kappa shape index (κ3) is 6.06. The van der Waals surface area contributed by atoms with Crippen LogP contribution in [-0.2, 0) is 0 Å². The van der Waals surface area contributed by atoms with Crippen molar-refractivity contribution in [2.24, 2.45) is 0 Å². The molecule has 0 radical (unpaired) electrons. The highest BCUT2D eigenvalue weighted by Gasteiger charge is 2.20. The summed E-state index contributed by atoms with van der Waals surface area (Å²) >= 11 is 0. The zero-order chi connectivity index (χ0) is 41.0. The Labute approximate surface area is 357 Å². The molecule has 0 saturated heterocycles. The van der Waals surface area contributed by atoms with E-state index in [1.807, 2.05) is 42.5 Å². The Morgan fingerprint density at radius 2 is 0.887 bits per heavy atom. The molecule has 9 aromatic carbocycles. The van der Waals surface area contributed by atoms with E-state index in [0.717, 1.165) is 94.1 Å². The van der Waals surface area contributed by atoms with Crippen LogP contribution in [0.1, 0.15) is 0 Å². The first kappa shape index (κ1) is 35.5. The van der Waals surface area contributed by atoms with Gasteiger partial charge in [-0.15, -0.1) is 0 Å². The van der Waals surface area contributed by atoms with E-state index < -0.39 is 0 Å². The van der Waals surface area contributed by atoms with Crippen molar-refractivity contribution in [2.75, 3.05) is 0 Å². The quantitative estimate of drug-likeness (QED) is 0.161. The molecule has 0 aliphatic rings. The van der Waals surface area contributed by atoms with Gasteiger partial charge in [0.05, 0.1) is 11.0 Å². The average Bonchev–Trinajstić information content (AvgIpc) is 3.91. The van der Waals surface area contributed by atoms with Crippen LogP contribution in [-0.4, -0.2) is 19.5 Å². The number of hydrogen-bond acceptors (Lipinski definition) is 4. The van der Waals surface area contributed by atoms with Crippen molar-refractivity contribution < 1.29 is 4.42 Å². The number of aromatic nitrogens is 4. The second kappa shape index (κ2) is 14.7. The highest BCUT2D eigenvalue weighted by atomic mass is 16.3. The minimum Gasteiger partial charge on any atom is -0.454 e. The molecule has 0 aliphatic carbocycles. The molecule has 3 aromatic heterocycles. The van der Waals surface area contributed by atoms with Crippen LogP contribution in [0.15, 0.2) is 223 Å². The van der Waals surface area contributed by atoms with Crippen molar-refractivity contribution in [3.63, 3.8) is 0 Å². The fourth-order valence-corrected chi connectivity index (χ4v) is 8.91. The summed E-state index contributed by atoms with van der Waals surface area (Å²) in [6, 6.07) is 76.2. The maximum Gasteiger partial charge on any atom is 0.164 e. The van der Waals surface area contributed by atoms with Crippen molar-refractivity contribution in [1.29, 1.82) is 0 Å². The van der Waals surface area contributed by atoms with Gasteiger partial charge in [-0.3, -0.25) is 0 Å². The molecular formula is C57H36N4O. The topological polar surface area (TPSA) is 56.7 Å². The zero-order valence-electron chi connectivity index (χ0n) is 33.5. The molecule has 0 spiro atoms. The molecule has 5 nitrogen and oxygen atoms in total. The number of fused-ring (bicyclic) bond motifs is 7. The van der Waals surface area contributed by atoms with Crippen molar-refractivity contribution in [3.8, 4) is 73.2 Å². The first-order valence-corrected chi connectivity index (χ1v) is 20.8. The van der Waals surface area contributed by atoms with Gasteiger partial charge in [-0.2, -0.15) is 0 Å². The number of furan rings is 1. The van der Waals surface area contributed by atoms with Gasteiger partial charge >= 0.3 is 0 Å². The third-order valence-electron chi connectivity index (χ3n) is 11.9. The van der Waals surface area contributed by atoms with Crippen molar-refractivity contribution in [1.82, 2.24) is 19.5 Å². The summed E-state index contributed by atoms with van der Waals surface area (Å²) in [6.07, 6.45) is 0. The minimum atomic E-state index is 0.604. The summed E-state index contributed by atoms with van der Waals surface area (Å²) in [5.41, 5.74) is 14.3. The molecule has 0 bridgehead atoms. The van der Waals surface area contributed by atoms with Crippen LogP contribution in [0.3, 0.4) is 0 Å². The predicted molar refractivity (Wildman–Crippen MR) is 254 cm³/mol. The first-order valence-electron chi connectivity index (χ1n) is 20.8. The highest BCUT2D eigenvalue weighted by molar-refractivity contribution is 6.21. The molecule has 12 rings (SSSR count). The lowest BCUT2D eigenvalue weighted by molar-refractivity contribution is 0.671. The molecule has 290 valence electrons. The molecular weight excluding hydrogens is 757 g/mol. The molecule has 0 atom stereocenters. The summed E-state index contributed by atoms with van der Waals surface area (Å²) in [4.78, 5) is 15.6. The third-order valence-corrected chi connectivity index (χ3v) is 11.9. The summed E-state index contributed by atoms with van der Waals surface area (Å²) in [7, 11) is 0. The average molecular weight is 793 g/mol. The Morgan fingerprint density at radius 3 is 1.68 bits per heavy atom. The van der Waals surface area contributed by atoms with Crippen LogP contribution in [0.25, 0.3) is 117 Å². The summed E-state index contributed by atoms with van der Waals surface area (Å²) in [5.74, 6) is 1.84. The van der Waals surface area contributed by atoms with Gasteiger partial charge in [0, 0.05) is 43.9 Å². The van der Waals surface area contributed by atoms with Crippen LogP contribution in [0.5, 0.6) is 0 Å². The smallest absolute Gasteiger partial charge is 0.164 e. The normalized spacial score (nSPS) is 11.5. The van der Waals surface area contributed by atoms with Gasteiger partial charge < -0.3 is 8.98 Å². The van der Waals surface area contributed by atoms with E-state index in [2.05, 4.69) is 180 Å². The zero-order valence-corrected chi connectivity index (χ0v) is 33.5. The molecule has 3 heterocycles. The van der Waals surface area contributed by atoms with Crippen LogP contribution in [0, 0.1) is 0 Å². The number of benzene rings is 9. The lowest BCUT2D eigenvalue weighted by Crippen LogP contribution is -2.01. The molecule has 0 unspecified atom stereocenters. The first-order chi connectivity index (χ1) is 30.7. The van der Waals surface area contributed by atoms with E-state index in [9.17, 15) is 0 Å². The van der Waals surface area contributed by atoms with Gasteiger partial charge in [-0.25, -0.2) is 15.0 Å². The summed E-state index contributed by atoms with van der Waals surface area (Å²) < 4.78 is 8.99. The van der Waals surface area contributed by atoms with Crippen LogP contribution < -0.4 is 0 Å². The van der Waals surface area contributed by atoms with Gasteiger partial charge in [0.2, 0.25) is 0 Å². The number of hydrogen-bond donors (Lipinski definition) is 0. The standard InChI is InChI=1S/C57H36N4O/c1-4-16-37(17-5-1)42-30-31-49(50(36-42)38-18-6-2-7-19-38)57-59-55(39-20-8-3-9-21-39)58-56(60-57)43-24-14-22-40(34-43)41-23-15-25-44(35-41)61-51-28-12-10-26-45(51)47-32-33-48-46-27-11-13-29-52(46)62-54(48)53(47)61/h1-36H. The summed E-state index contributed by atoms with van der Waals surface area (Å²) in [6.45, 7) is 0. The Balaban J connectivity index is 1.01. The van der Waals surface area contributed by atoms with Crippen molar-refractivity contribution >= 4 is 43.7 Å². The molecule has 0 saturated carbocycles. The Kier molecular flexibility index (Phi) is 8.42. The van der Waals surface area contributed by atoms with Gasteiger partial charge in [-0.05, 0) is 81.9 Å². The van der Waals surface area contributed by atoms with E-state index in [-0.39, 0.29) is 0 Å². The van der Waals surface area contributed by atoms with Crippen molar-refractivity contribution in [3.05, 3.63) is 218 Å². The Hall–Kier alpha value is -8.41. The minimum absolute atomic E-state index is 0.604. The Bertz CT molecular complexity index is 3630. The van der Waals surface area contributed by atoms with Crippen LogP contribution in [0.2, 0.25) is 0 Å².